The van der Waals surface area contributed by atoms with Gasteiger partial charge >= 0.3 is 0 Å². The van der Waals surface area contributed by atoms with Gasteiger partial charge in [0, 0.05) is 23.2 Å². The Morgan fingerprint density at radius 3 is 2.55 bits per heavy atom. The van der Waals surface area contributed by atoms with Gasteiger partial charge in [-0.25, -0.2) is 13.8 Å². The fraction of sp³-hybridized carbons (Fsp3) is 0.308. The Morgan fingerprint density at radius 1 is 1.30 bits per heavy atom. The number of hydrogen-bond donors (Lipinski definition) is 2. The lowest BCUT2D eigenvalue weighted by Crippen LogP contribution is -2.35. The smallest absolute Gasteiger partial charge is 0.180 e. The lowest BCUT2D eigenvalue weighted by molar-refractivity contribution is 0.398. The number of anilines is 1. The van der Waals surface area contributed by atoms with E-state index >= 15 is 0 Å². The Labute approximate surface area is 126 Å². The molecule has 0 fully saturated rings. The molecule has 0 atom stereocenters. The summed E-state index contributed by atoms with van der Waals surface area (Å²) in [5, 5.41) is 3.79. The van der Waals surface area contributed by atoms with Crippen molar-refractivity contribution in [3.05, 3.63) is 46.5 Å². The highest BCUT2D eigenvalue weighted by atomic mass is 35.5. The van der Waals surface area contributed by atoms with Crippen LogP contribution in [0.1, 0.15) is 24.3 Å². The number of nitrogen functional groups attached to an aromatic ring is 1. The first-order chi connectivity index (χ1) is 8.88. The maximum Gasteiger partial charge on any atom is 0.180 e. The first kappa shape index (κ1) is 16.8. The molecule has 0 bridgehead atoms. The van der Waals surface area contributed by atoms with Gasteiger partial charge in [-0.2, -0.15) is 0 Å². The number of hydrogen-bond acceptors (Lipinski definition) is 4. The Morgan fingerprint density at radius 2 is 2.00 bits per heavy atom. The third-order valence-corrected chi connectivity index (χ3v) is 3.74. The van der Waals surface area contributed by atoms with E-state index in [1.807, 2.05) is 13.8 Å². The number of thiazole rings is 1. The molecule has 0 saturated heterocycles. The van der Waals surface area contributed by atoms with E-state index in [1.165, 1.54) is 17.4 Å². The molecule has 3 N–H and O–H groups in total. The number of halogens is 3. The standard InChI is InChI=1S/C13H15F2N3S.ClH/c1-13(2,8-3-4-10(14)11(15)5-8)18-7-9-6-17-12(16)19-9;/h3-6,18H,7H2,1-2H3,(H2,16,17);1H. The summed E-state index contributed by atoms with van der Waals surface area (Å²) in [6.45, 7) is 4.38. The molecule has 1 aromatic heterocycles. The van der Waals surface area contributed by atoms with E-state index in [-0.39, 0.29) is 12.4 Å². The van der Waals surface area contributed by atoms with Crippen molar-refractivity contribution in [1.82, 2.24) is 10.3 Å². The van der Waals surface area contributed by atoms with E-state index in [0.717, 1.165) is 10.9 Å². The molecule has 1 aromatic carbocycles. The molecule has 0 aliphatic heterocycles. The number of nitrogens with zero attached hydrogens (tertiary/aromatic N) is 1. The molecule has 0 aliphatic rings. The molecule has 20 heavy (non-hydrogen) atoms. The second kappa shape index (κ2) is 6.47. The number of nitrogens with two attached hydrogens (primary N) is 1. The molecule has 2 rings (SSSR count). The fourth-order valence-corrected chi connectivity index (χ4v) is 2.32. The molecule has 3 nitrogen and oxygen atoms in total. The third kappa shape index (κ3) is 3.88. The summed E-state index contributed by atoms with van der Waals surface area (Å²) in [5.41, 5.74) is 5.76. The van der Waals surface area contributed by atoms with Crippen molar-refractivity contribution in [1.29, 1.82) is 0 Å². The van der Waals surface area contributed by atoms with Crippen molar-refractivity contribution in [2.75, 3.05) is 5.73 Å². The fourth-order valence-electron chi connectivity index (χ4n) is 1.70. The van der Waals surface area contributed by atoms with E-state index in [2.05, 4.69) is 10.3 Å². The molecule has 0 saturated carbocycles. The van der Waals surface area contributed by atoms with Gasteiger partial charge in [-0.15, -0.1) is 23.7 Å². The molecule has 7 heteroatoms. The van der Waals surface area contributed by atoms with E-state index in [9.17, 15) is 8.78 Å². The van der Waals surface area contributed by atoms with Crippen LogP contribution < -0.4 is 11.1 Å². The Hall–Kier alpha value is -1.24. The summed E-state index contributed by atoms with van der Waals surface area (Å²) in [4.78, 5) is 4.96. The zero-order valence-electron chi connectivity index (χ0n) is 11.1. The van der Waals surface area contributed by atoms with Crippen LogP contribution in [0.25, 0.3) is 0 Å². The number of aromatic nitrogens is 1. The number of nitrogens with one attached hydrogen (secondary N) is 1. The third-order valence-electron chi connectivity index (χ3n) is 2.92. The van der Waals surface area contributed by atoms with E-state index < -0.39 is 17.2 Å². The molecule has 0 radical (unpaired) electrons. The summed E-state index contributed by atoms with van der Waals surface area (Å²) in [6.07, 6.45) is 1.70. The number of rotatable bonds is 4. The van der Waals surface area contributed by atoms with Crippen molar-refractivity contribution in [2.24, 2.45) is 0 Å². The largest absolute Gasteiger partial charge is 0.375 e. The highest BCUT2D eigenvalue weighted by Gasteiger charge is 2.21. The maximum atomic E-state index is 13.2. The van der Waals surface area contributed by atoms with Crippen LogP contribution in [0.15, 0.2) is 24.4 Å². The SMILES string of the molecule is CC(C)(NCc1cnc(N)s1)c1ccc(F)c(F)c1.Cl. The van der Waals surface area contributed by atoms with E-state index in [0.29, 0.717) is 17.2 Å². The van der Waals surface area contributed by atoms with Gasteiger partial charge in [0.25, 0.3) is 0 Å². The lowest BCUT2D eigenvalue weighted by atomic mass is 9.94. The summed E-state index contributed by atoms with van der Waals surface area (Å²) in [7, 11) is 0. The second-order valence-electron chi connectivity index (χ2n) is 4.77. The van der Waals surface area contributed by atoms with Crippen LogP contribution in [-0.2, 0) is 12.1 Å². The van der Waals surface area contributed by atoms with Crippen molar-refractivity contribution in [3.63, 3.8) is 0 Å². The molecule has 0 aliphatic carbocycles. The minimum atomic E-state index is -0.839. The molecular formula is C13H16ClF2N3S. The monoisotopic (exact) mass is 319 g/mol. The van der Waals surface area contributed by atoms with Crippen molar-refractivity contribution < 1.29 is 8.78 Å². The van der Waals surface area contributed by atoms with Gasteiger partial charge in [0.1, 0.15) is 0 Å². The van der Waals surface area contributed by atoms with Crippen molar-refractivity contribution in [3.8, 4) is 0 Å². The van der Waals surface area contributed by atoms with Gasteiger partial charge in [0.2, 0.25) is 0 Å². The lowest BCUT2D eigenvalue weighted by Gasteiger charge is -2.26. The van der Waals surface area contributed by atoms with Crippen LogP contribution >= 0.6 is 23.7 Å². The first-order valence-corrected chi connectivity index (χ1v) is 6.61. The predicted octanol–water partition coefficient (Wildman–Crippen LogP) is 3.45. The highest BCUT2D eigenvalue weighted by molar-refractivity contribution is 7.15. The molecular weight excluding hydrogens is 304 g/mol. The van der Waals surface area contributed by atoms with Gasteiger partial charge < -0.3 is 11.1 Å². The summed E-state index contributed by atoms with van der Waals surface area (Å²) >= 11 is 1.40. The van der Waals surface area contributed by atoms with Crippen molar-refractivity contribution in [2.45, 2.75) is 25.9 Å². The molecule has 1 heterocycles. The minimum absolute atomic E-state index is 0. The minimum Gasteiger partial charge on any atom is -0.375 e. The average Bonchev–Trinajstić information content (AvgIpc) is 2.76. The van der Waals surface area contributed by atoms with Crippen LogP contribution in [0.2, 0.25) is 0 Å². The van der Waals surface area contributed by atoms with Gasteiger partial charge in [-0.05, 0) is 31.5 Å². The quantitative estimate of drug-likeness (QED) is 0.907. The molecule has 0 spiro atoms. The summed E-state index contributed by atoms with van der Waals surface area (Å²) in [6, 6.07) is 3.93. The Balaban J connectivity index is 0.00000200. The average molecular weight is 320 g/mol. The normalized spacial score (nSPS) is 11.2. The Bertz CT molecular complexity index is 587. The predicted molar refractivity (Wildman–Crippen MR) is 80.0 cm³/mol. The van der Waals surface area contributed by atoms with Gasteiger partial charge in [0.05, 0.1) is 0 Å². The van der Waals surface area contributed by atoms with Crippen LogP contribution in [0.4, 0.5) is 13.9 Å². The van der Waals surface area contributed by atoms with E-state index in [1.54, 1.807) is 12.3 Å². The van der Waals surface area contributed by atoms with Gasteiger partial charge in [0.15, 0.2) is 16.8 Å². The zero-order chi connectivity index (χ0) is 14.0. The highest BCUT2D eigenvalue weighted by Crippen LogP contribution is 2.23. The summed E-state index contributed by atoms with van der Waals surface area (Å²) < 4.78 is 26.2. The molecule has 0 amide bonds. The van der Waals surface area contributed by atoms with Crippen LogP contribution in [-0.4, -0.2) is 4.98 Å². The maximum absolute atomic E-state index is 13.2. The second-order valence-corrected chi connectivity index (χ2v) is 5.92. The first-order valence-electron chi connectivity index (χ1n) is 5.79. The Kier molecular flexibility index (Phi) is 5.44. The van der Waals surface area contributed by atoms with Gasteiger partial charge in [-0.3, -0.25) is 0 Å². The topological polar surface area (TPSA) is 50.9 Å². The van der Waals surface area contributed by atoms with E-state index in [4.69, 9.17) is 5.73 Å². The number of benzene rings is 1. The molecule has 2 aromatic rings. The van der Waals surface area contributed by atoms with Crippen LogP contribution in [0, 0.1) is 11.6 Å². The van der Waals surface area contributed by atoms with Crippen LogP contribution in [0.3, 0.4) is 0 Å². The molecule has 110 valence electrons. The zero-order valence-corrected chi connectivity index (χ0v) is 12.7. The molecule has 0 unspecified atom stereocenters. The summed E-state index contributed by atoms with van der Waals surface area (Å²) in [5.74, 6) is -1.68. The van der Waals surface area contributed by atoms with Gasteiger partial charge in [-0.1, -0.05) is 6.07 Å². The van der Waals surface area contributed by atoms with Crippen molar-refractivity contribution >= 4 is 28.9 Å². The van der Waals surface area contributed by atoms with Crippen LogP contribution in [0.5, 0.6) is 0 Å².